The largest absolute Gasteiger partial charge is 0.478 e. The van der Waals surface area contributed by atoms with E-state index < -0.39 is 12.0 Å². The Bertz CT molecular complexity index is 636. The second-order valence-corrected chi connectivity index (χ2v) is 4.12. The molecule has 104 valence electrons. The lowest BCUT2D eigenvalue weighted by Crippen LogP contribution is -2.28. The molecule has 2 aromatic rings. The summed E-state index contributed by atoms with van der Waals surface area (Å²) in [7, 11) is 0. The quantitative estimate of drug-likeness (QED) is 0.791. The Balaban J connectivity index is 1.91. The number of amides is 2. The van der Waals surface area contributed by atoms with E-state index in [2.05, 4.69) is 15.8 Å². The van der Waals surface area contributed by atoms with Crippen molar-refractivity contribution in [3.05, 3.63) is 47.3 Å². The lowest BCUT2D eigenvalue weighted by atomic mass is 10.2. The Morgan fingerprint density at radius 2 is 2.15 bits per heavy atom. The number of nitrogens with zero attached hydrogens (tertiary/aromatic N) is 1. The average Bonchev–Trinajstić information content (AvgIpc) is 2.82. The highest BCUT2D eigenvalue weighted by Gasteiger charge is 2.07. The van der Waals surface area contributed by atoms with Crippen LogP contribution in [0.25, 0.3) is 0 Å². The number of anilines is 1. The maximum absolute atomic E-state index is 11.6. The van der Waals surface area contributed by atoms with E-state index in [0.717, 1.165) is 0 Å². The van der Waals surface area contributed by atoms with Gasteiger partial charge in [0.05, 0.1) is 12.1 Å². The van der Waals surface area contributed by atoms with Gasteiger partial charge in [-0.15, -0.1) is 0 Å². The molecule has 0 bridgehead atoms. The molecule has 0 aliphatic rings. The van der Waals surface area contributed by atoms with Crippen LogP contribution in [-0.2, 0) is 6.54 Å². The SMILES string of the molecule is Cc1cc(CNC(=O)Nc2cccc(C(=O)O)c2)no1. The van der Waals surface area contributed by atoms with Gasteiger partial charge in [0.15, 0.2) is 0 Å². The first kappa shape index (κ1) is 13.6. The van der Waals surface area contributed by atoms with Gasteiger partial charge in [0.25, 0.3) is 0 Å². The van der Waals surface area contributed by atoms with Crippen LogP contribution in [0.1, 0.15) is 21.8 Å². The molecule has 0 saturated carbocycles. The van der Waals surface area contributed by atoms with Crippen LogP contribution in [0.4, 0.5) is 10.5 Å². The first-order valence-electron chi connectivity index (χ1n) is 5.85. The van der Waals surface area contributed by atoms with Crippen LogP contribution in [0, 0.1) is 6.92 Å². The van der Waals surface area contributed by atoms with Gasteiger partial charge in [-0.2, -0.15) is 0 Å². The van der Waals surface area contributed by atoms with Gasteiger partial charge in [-0.1, -0.05) is 11.2 Å². The number of carboxylic acids is 1. The van der Waals surface area contributed by atoms with Crippen LogP contribution in [0.2, 0.25) is 0 Å². The summed E-state index contributed by atoms with van der Waals surface area (Å²) in [6.45, 7) is 1.98. The Hall–Kier alpha value is -2.83. The van der Waals surface area contributed by atoms with Crippen LogP contribution in [-0.4, -0.2) is 22.3 Å². The molecule has 0 saturated heterocycles. The van der Waals surface area contributed by atoms with Crippen molar-refractivity contribution < 1.29 is 19.2 Å². The van der Waals surface area contributed by atoms with Gasteiger partial charge in [0.2, 0.25) is 0 Å². The number of aromatic nitrogens is 1. The van der Waals surface area contributed by atoms with Crippen LogP contribution in [0.15, 0.2) is 34.9 Å². The number of carboxylic acid groups (broad SMARTS) is 1. The number of aryl methyl sites for hydroxylation is 1. The lowest BCUT2D eigenvalue weighted by Gasteiger charge is -2.06. The summed E-state index contributed by atoms with van der Waals surface area (Å²) >= 11 is 0. The number of hydrogen-bond donors (Lipinski definition) is 3. The van der Waals surface area contributed by atoms with Crippen molar-refractivity contribution in [3.63, 3.8) is 0 Å². The Kier molecular flexibility index (Phi) is 3.99. The summed E-state index contributed by atoms with van der Waals surface area (Å²) in [4.78, 5) is 22.5. The van der Waals surface area contributed by atoms with Crippen molar-refractivity contribution in [1.82, 2.24) is 10.5 Å². The standard InChI is InChI=1S/C13H13N3O4/c1-8-5-11(16-20-8)7-14-13(19)15-10-4-2-3-9(6-10)12(17)18/h2-6H,7H2,1H3,(H,17,18)(H2,14,15,19). The molecule has 0 aliphatic heterocycles. The van der Waals surface area contributed by atoms with Crippen molar-refractivity contribution in [3.8, 4) is 0 Å². The molecule has 3 N–H and O–H groups in total. The predicted octanol–water partition coefficient (Wildman–Crippen LogP) is 2.00. The highest BCUT2D eigenvalue weighted by atomic mass is 16.5. The number of aromatic carboxylic acids is 1. The molecule has 0 unspecified atom stereocenters. The van der Waals surface area contributed by atoms with Gasteiger partial charge >= 0.3 is 12.0 Å². The molecule has 7 heteroatoms. The number of rotatable bonds is 4. The van der Waals surface area contributed by atoms with Crippen molar-refractivity contribution in [2.75, 3.05) is 5.32 Å². The molecule has 1 aromatic heterocycles. The number of benzene rings is 1. The zero-order valence-electron chi connectivity index (χ0n) is 10.7. The van der Waals surface area contributed by atoms with Gasteiger partial charge < -0.3 is 20.3 Å². The maximum Gasteiger partial charge on any atom is 0.335 e. The molecule has 0 fully saturated rings. The molecule has 1 heterocycles. The minimum atomic E-state index is -1.05. The van der Waals surface area contributed by atoms with Crippen LogP contribution < -0.4 is 10.6 Å². The van der Waals surface area contributed by atoms with Crippen LogP contribution in [0.5, 0.6) is 0 Å². The summed E-state index contributed by atoms with van der Waals surface area (Å²) in [5.74, 6) is -0.386. The molecular formula is C13H13N3O4. The number of hydrogen-bond acceptors (Lipinski definition) is 4. The van der Waals surface area contributed by atoms with E-state index in [1.54, 1.807) is 25.1 Å². The Morgan fingerprint density at radius 1 is 1.35 bits per heavy atom. The minimum Gasteiger partial charge on any atom is -0.478 e. The topological polar surface area (TPSA) is 104 Å². The highest BCUT2D eigenvalue weighted by molar-refractivity contribution is 5.93. The summed E-state index contributed by atoms with van der Waals surface area (Å²) in [6, 6.07) is 7.25. The normalized spacial score (nSPS) is 10.1. The third-order valence-electron chi connectivity index (χ3n) is 2.47. The third kappa shape index (κ3) is 3.58. The van der Waals surface area contributed by atoms with E-state index in [1.165, 1.54) is 12.1 Å². The Labute approximate surface area is 114 Å². The molecule has 0 aliphatic carbocycles. The van der Waals surface area contributed by atoms with Crippen LogP contribution >= 0.6 is 0 Å². The molecule has 7 nitrogen and oxygen atoms in total. The Morgan fingerprint density at radius 3 is 2.80 bits per heavy atom. The molecular weight excluding hydrogens is 262 g/mol. The van der Waals surface area contributed by atoms with Crippen molar-refractivity contribution in [1.29, 1.82) is 0 Å². The molecule has 0 radical (unpaired) electrons. The van der Waals surface area contributed by atoms with E-state index in [1.807, 2.05) is 0 Å². The highest BCUT2D eigenvalue weighted by Crippen LogP contribution is 2.10. The molecule has 0 atom stereocenters. The number of urea groups is 1. The number of nitrogens with one attached hydrogen (secondary N) is 2. The van der Waals surface area contributed by atoms with E-state index in [9.17, 15) is 9.59 Å². The smallest absolute Gasteiger partial charge is 0.335 e. The first-order valence-corrected chi connectivity index (χ1v) is 5.85. The molecule has 20 heavy (non-hydrogen) atoms. The summed E-state index contributed by atoms with van der Waals surface area (Å²) in [6.07, 6.45) is 0. The number of carbonyl (C=O) groups excluding carboxylic acids is 1. The van der Waals surface area contributed by atoms with Crippen LogP contribution in [0.3, 0.4) is 0 Å². The van der Waals surface area contributed by atoms with Gasteiger partial charge in [-0.3, -0.25) is 0 Å². The zero-order chi connectivity index (χ0) is 14.5. The van der Waals surface area contributed by atoms with Gasteiger partial charge in [0, 0.05) is 11.8 Å². The second-order valence-electron chi connectivity index (χ2n) is 4.12. The zero-order valence-corrected chi connectivity index (χ0v) is 10.7. The van der Waals surface area contributed by atoms with Gasteiger partial charge in [0.1, 0.15) is 11.5 Å². The monoisotopic (exact) mass is 275 g/mol. The molecule has 2 rings (SSSR count). The van der Waals surface area contributed by atoms with Gasteiger partial charge in [-0.05, 0) is 25.1 Å². The molecule has 1 aromatic carbocycles. The molecule has 2 amide bonds. The lowest BCUT2D eigenvalue weighted by molar-refractivity contribution is 0.0697. The first-order chi connectivity index (χ1) is 9.54. The van der Waals surface area contributed by atoms with E-state index >= 15 is 0 Å². The fourth-order valence-corrected chi connectivity index (χ4v) is 1.58. The molecule has 0 spiro atoms. The second kappa shape index (κ2) is 5.87. The van der Waals surface area contributed by atoms with E-state index in [0.29, 0.717) is 17.1 Å². The fraction of sp³-hybridized carbons (Fsp3) is 0.154. The predicted molar refractivity (Wildman–Crippen MR) is 70.5 cm³/mol. The third-order valence-corrected chi connectivity index (χ3v) is 2.47. The van der Waals surface area contributed by atoms with E-state index in [-0.39, 0.29) is 12.1 Å². The van der Waals surface area contributed by atoms with E-state index in [4.69, 9.17) is 9.63 Å². The van der Waals surface area contributed by atoms with Crippen molar-refractivity contribution in [2.24, 2.45) is 0 Å². The number of carbonyl (C=O) groups is 2. The average molecular weight is 275 g/mol. The van der Waals surface area contributed by atoms with Crippen molar-refractivity contribution in [2.45, 2.75) is 13.5 Å². The fourth-order valence-electron chi connectivity index (χ4n) is 1.58. The maximum atomic E-state index is 11.6. The van der Waals surface area contributed by atoms with Gasteiger partial charge in [-0.25, -0.2) is 9.59 Å². The summed E-state index contributed by atoms with van der Waals surface area (Å²) in [5, 5.41) is 17.7. The minimum absolute atomic E-state index is 0.106. The van der Waals surface area contributed by atoms with Crippen molar-refractivity contribution >= 4 is 17.7 Å². The summed E-state index contributed by atoms with van der Waals surface area (Å²) < 4.78 is 4.87. The summed E-state index contributed by atoms with van der Waals surface area (Å²) in [5.41, 5.74) is 1.12.